The molecular weight excluding hydrogens is 502 g/mol. The Morgan fingerprint density at radius 3 is 2.38 bits per heavy atom. The van der Waals surface area contributed by atoms with Crippen LogP contribution in [0.1, 0.15) is 57.8 Å². The number of aryl methyl sites for hydroxylation is 4. The molecule has 0 saturated carbocycles. The van der Waals surface area contributed by atoms with Gasteiger partial charge in [-0.05, 0) is 105 Å². The Kier molecular flexibility index (Phi) is 7.53. The molecule has 5 rings (SSSR count). The van der Waals surface area contributed by atoms with E-state index in [0.717, 1.165) is 34.0 Å². The van der Waals surface area contributed by atoms with E-state index < -0.39 is 0 Å². The second kappa shape index (κ2) is 11.0. The van der Waals surface area contributed by atoms with Crippen LogP contribution in [0.2, 0.25) is 0 Å². The number of hydrogen-bond acceptors (Lipinski definition) is 3. The molecule has 2 atom stereocenters. The molecule has 1 aliphatic rings. The van der Waals surface area contributed by atoms with Crippen molar-refractivity contribution in [2.45, 2.75) is 53.1 Å². The van der Waals surface area contributed by atoms with E-state index >= 15 is 0 Å². The summed E-state index contributed by atoms with van der Waals surface area (Å²) in [6, 6.07) is 22.4. The van der Waals surface area contributed by atoms with Crippen LogP contribution in [0.15, 0.2) is 72.9 Å². The Hall–Kier alpha value is -3.97. The molecule has 2 aromatic carbocycles. The van der Waals surface area contributed by atoms with Gasteiger partial charge in [0.05, 0.1) is 17.8 Å². The number of nitrogens with one attached hydrogen (secondary N) is 2. The average molecular weight is 538 g/mol. The molecule has 1 amide bonds. The lowest BCUT2D eigenvalue weighted by molar-refractivity contribution is -0.116. The molecule has 3 heterocycles. The van der Waals surface area contributed by atoms with Crippen molar-refractivity contribution in [3.63, 3.8) is 0 Å². The number of benzene rings is 2. The van der Waals surface area contributed by atoms with Crippen LogP contribution in [0.3, 0.4) is 0 Å². The number of anilines is 1. The molecule has 200 valence electrons. The smallest absolute Gasteiger partial charge is 0.226 e. The van der Waals surface area contributed by atoms with Crippen molar-refractivity contribution in [1.29, 1.82) is 0 Å². The Balaban J connectivity index is 1.49. The van der Waals surface area contributed by atoms with E-state index in [0.29, 0.717) is 18.1 Å². The monoisotopic (exact) mass is 537 g/mol. The lowest BCUT2D eigenvalue weighted by atomic mass is 9.96. The number of thiocarbonyl (C=S) groups is 1. The summed E-state index contributed by atoms with van der Waals surface area (Å²) in [5.74, 6) is -0.0344. The lowest BCUT2D eigenvalue weighted by Crippen LogP contribution is -2.33. The van der Waals surface area contributed by atoms with Crippen LogP contribution in [-0.2, 0) is 4.79 Å². The molecular formula is C32H35N5OS. The van der Waals surface area contributed by atoms with Crippen molar-refractivity contribution >= 4 is 28.9 Å². The molecule has 2 unspecified atom stereocenters. The topological polar surface area (TPSA) is 62.2 Å². The molecule has 0 spiro atoms. The van der Waals surface area contributed by atoms with Crippen LogP contribution in [-0.4, -0.2) is 32.0 Å². The third kappa shape index (κ3) is 5.45. The van der Waals surface area contributed by atoms with Gasteiger partial charge in [-0.15, -0.1) is 0 Å². The van der Waals surface area contributed by atoms with Crippen LogP contribution >= 0.6 is 12.2 Å². The zero-order valence-corrected chi connectivity index (χ0v) is 24.0. The third-order valence-corrected chi connectivity index (χ3v) is 7.80. The van der Waals surface area contributed by atoms with Gasteiger partial charge >= 0.3 is 0 Å². The number of carbonyl (C=O) groups excluding carboxylic acids is 1. The molecule has 1 saturated heterocycles. The Morgan fingerprint density at radius 2 is 1.69 bits per heavy atom. The highest BCUT2D eigenvalue weighted by Gasteiger charge is 2.41. The fourth-order valence-corrected chi connectivity index (χ4v) is 6.03. The predicted molar refractivity (Wildman–Crippen MR) is 161 cm³/mol. The first kappa shape index (κ1) is 26.6. The van der Waals surface area contributed by atoms with Crippen molar-refractivity contribution < 1.29 is 4.79 Å². The summed E-state index contributed by atoms with van der Waals surface area (Å²) in [4.78, 5) is 19.8. The van der Waals surface area contributed by atoms with E-state index in [2.05, 4.69) is 77.0 Å². The van der Waals surface area contributed by atoms with Gasteiger partial charge in [-0.3, -0.25) is 9.78 Å². The zero-order chi connectivity index (χ0) is 27.7. The molecule has 6 nitrogen and oxygen atoms in total. The number of carbonyl (C=O) groups is 1. The van der Waals surface area contributed by atoms with Crippen molar-refractivity contribution in [2.24, 2.45) is 0 Å². The summed E-state index contributed by atoms with van der Waals surface area (Å²) < 4.78 is 2.31. The van der Waals surface area contributed by atoms with Crippen LogP contribution in [0.5, 0.6) is 0 Å². The van der Waals surface area contributed by atoms with Gasteiger partial charge in [-0.25, -0.2) is 0 Å². The second-order valence-corrected chi connectivity index (χ2v) is 10.8. The normalized spacial score (nSPS) is 16.8. The van der Waals surface area contributed by atoms with Gasteiger partial charge < -0.3 is 20.1 Å². The van der Waals surface area contributed by atoms with Gasteiger partial charge in [-0.2, -0.15) is 0 Å². The predicted octanol–water partition coefficient (Wildman–Crippen LogP) is 6.42. The number of pyridine rings is 1. The first-order valence-electron chi connectivity index (χ1n) is 13.3. The van der Waals surface area contributed by atoms with Gasteiger partial charge in [0.1, 0.15) is 0 Å². The van der Waals surface area contributed by atoms with E-state index in [-0.39, 0.29) is 18.0 Å². The van der Waals surface area contributed by atoms with Crippen LogP contribution in [0, 0.1) is 34.6 Å². The number of nitrogens with zero attached hydrogens (tertiary/aromatic N) is 3. The van der Waals surface area contributed by atoms with Crippen LogP contribution in [0.25, 0.3) is 5.69 Å². The molecule has 1 fully saturated rings. The average Bonchev–Trinajstić information content (AvgIpc) is 3.38. The number of hydrogen-bond donors (Lipinski definition) is 2. The summed E-state index contributed by atoms with van der Waals surface area (Å²) in [7, 11) is 0. The van der Waals surface area contributed by atoms with E-state index in [1.54, 1.807) is 0 Å². The van der Waals surface area contributed by atoms with Gasteiger partial charge in [0, 0.05) is 41.9 Å². The molecule has 0 radical (unpaired) electrons. The third-order valence-electron chi connectivity index (χ3n) is 7.45. The minimum Gasteiger partial charge on any atom is -0.352 e. The zero-order valence-electron chi connectivity index (χ0n) is 23.2. The standard InChI is InChI=1S/C32H35N5OS/c1-20-16-21(2)18-25(17-20)37-23(4)19-26(24(37)5)31-30(28-12-8-9-14-33-28)35-32(39)36(31)15-13-29(38)34-27-11-7-6-10-22(27)3/h6-12,14,16-19,30-31H,13,15H2,1-5H3,(H,34,38)(H,35,39). The number of rotatable bonds is 7. The maximum absolute atomic E-state index is 13.0. The largest absolute Gasteiger partial charge is 0.352 e. The van der Waals surface area contributed by atoms with Crippen LogP contribution < -0.4 is 10.6 Å². The van der Waals surface area contributed by atoms with Crippen molar-refractivity contribution in [3.05, 3.63) is 112 Å². The van der Waals surface area contributed by atoms with E-state index in [1.807, 2.05) is 55.6 Å². The van der Waals surface area contributed by atoms with Crippen LogP contribution in [0.4, 0.5) is 5.69 Å². The molecule has 2 aromatic heterocycles. The molecule has 7 heteroatoms. The minimum absolute atomic E-state index is 0.0344. The maximum Gasteiger partial charge on any atom is 0.226 e. The molecule has 39 heavy (non-hydrogen) atoms. The highest BCUT2D eigenvalue weighted by atomic mass is 32.1. The van der Waals surface area contributed by atoms with E-state index in [1.165, 1.54) is 16.7 Å². The fraction of sp³-hybridized carbons (Fsp3) is 0.281. The summed E-state index contributed by atoms with van der Waals surface area (Å²) in [5.41, 5.74) is 9.90. The first-order chi connectivity index (χ1) is 18.7. The van der Waals surface area contributed by atoms with Crippen molar-refractivity contribution in [2.75, 3.05) is 11.9 Å². The fourth-order valence-electron chi connectivity index (χ4n) is 5.70. The molecule has 1 aliphatic heterocycles. The van der Waals surface area contributed by atoms with Gasteiger partial charge in [0.2, 0.25) is 5.91 Å². The Morgan fingerprint density at radius 1 is 0.974 bits per heavy atom. The summed E-state index contributed by atoms with van der Waals surface area (Å²) >= 11 is 5.86. The minimum atomic E-state index is -0.133. The number of aromatic nitrogens is 2. The lowest BCUT2D eigenvalue weighted by Gasteiger charge is -2.28. The Labute approximate surface area is 236 Å². The second-order valence-electron chi connectivity index (χ2n) is 10.4. The van der Waals surface area contributed by atoms with Gasteiger partial charge in [0.25, 0.3) is 0 Å². The maximum atomic E-state index is 13.0. The summed E-state index contributed by atoms with van der Waals surface area (Å²) in [5, 5.41) is 7.21. The molecule has 2 N–H and O–H groups in total. The highest BCUT2D eigenvalue weighted by Crippen LogP contribution is 2.41. The van der Waals surface area contributed by atoms with Crippen molar-refractivity contribution in [3.8, 4) is 5.69 Å². The van der Waals surface area contributed by atoms with Gasteiger partial charge in [0.15, 0.2) is 5.11 Å². The quantitative estimate of drug-likeness (QED) is 0.267. The first-order valence-corrected chi connectivity index (χ1v) is 13.7. The van der Waals surface area contributed by atoms with E-state index in [9.17, 15) is 4.79 Å². The number of amides is 1. The Bertz CT molecular complexity index is 1510. The summed E-state index contributed by atoms with van der Waals surface area (Å²) in [6.45, 7) is 11.1. The van der Waals surface area contributed by atoms with E-state index in [4.69, 9.17) is 12.2 Å². The molecule has 0 aliphatic carbocycles. The number of para-hydroxylation sites is 1. The molecule has 0 bridgehead atoms. The van der Waals surface area contributed by atoms with Gasteiger partial charge in [-0.1, -0.05) is 30.3 Å². The SMILES string of the molecule is Cc1cc(C)cc(-n2c(C)cc(C3C(c4ccccn4)NC(=S)N3CCC(=O)Nc3ccccc3C)c2C)c1. The highest BCUT2D eigenvalue weighted by molar-refractivity contribution is 7.80. The molecule has 4 aromatic rings. The summed E-state index contributed by atoms with van der Waals surface area (Å²) in [6.07, 6.45) is 2.13. The van der Waals surface area contributed by atoms with Crippen molar-refractivity contribution in [1.82, 2.24) is 19.8 Å².